The van der Waals surface area contributed by atoms with Crippen molar-refractivity contribution in [2.24, 2.45) is 0 Å². The maximum absolute atomic E-state index is 12.1. The number of morpholine rings is 1. The van der Waals surface area contributed by atoms with Crippen LogP contribution in [-0.2, 0) is 15.1 Å². The van der Waals surface area contributed by atoms with Crippen molar-refractivity contribution in [2.45, 2.75) is 12.5 Å². The summed E-state index contributed by atoms with van der Waals surface area (Å²) in [5, 5.41) is 9.88. The molecular weight excluding hydrogens is 274 g/mol. The van der Waals surface area contributed by atoms with Crippen LogP contribution >= 0.6 is 0 Å². The van der Waals surface area contributed by atoms with E-state index in [0.29, 0.717) is 43.4 Å². The van der Waals surface area contributed by atoms with E-state index in [-0.39, 0.29) is 0 Å². The Morgan fingerprint density at radius 3 is 2.19 bits per heavy atom. The fraction of sp³-hybridized carbons (Fsp3) is 0.533. The van der Waals surface area contributed by atoms with Crippen LogP contribution in [0.2, 0.25) is 0 Å². The highest BCUT2D eigenvalue weighted by molar-refractivity contribution is 5.83. The molecule has 1 fully saturated rings. The summed E-state index contributed by atoms with van der Waals surface area (Å²) in [7, 11) is 3.06. The van der Waals surface area contributed by atoms with Crippen LogP contribution in [-0.4, -0.2) is 56.5 Å². The number of rotatable bonds is 5. The Bertz CT molecular complexity index is 491. The van der Waals surface area contributed by atoms with Crippen molar-refractivity contribution in [1.82, 2.24) is 4.90 Å². The van der Waals surface area contributed by atoms with Crippen LogP contribution < -0.4 is 9.47 Å². The molecule has 1 heterocycles. The van der Waals surface area contributed by atoms with Crippen molar-refractivity contribution in [1.29, 1.82) is 0 Å². The molecular formula is C15H21NO5. The summed E-state index contributed by atoms with van der Waals surface area (Å²) in [5.74, 6) is 0.0729. The number of ether oxygens (including phenoxy) is 3. The minimum atomic E-state index is -1.23. The molecule has 1 aliphatic rings. The number of methoxy groups -OCH3 is 2. The zero-order chi connectivity index (χ0) is 15.5. The number of hydrogen-bond acceptors (Lipinski definition) is 5. The van der Waals surface area contributed by atoms with Gasteiger partial charge in [-0.3, -0.25) is 4.90 Å². The second-order valence-corrected chi connectivity index (χ2v) is 5.01. The zero-order valence-electron chi connectivity index (χ0n) is 12.6. The number of benzene rings is 1. The lowest BCUT2D eigenvalue weighted by atomic mass is 9.87. The van der Waals surface area contributed by atoms with E-state index in [0.717, 1.165) is 0 Å². The molecule has 6 nitrogen and oxygen atoms in total. The highest BCUT2D eigenvalue weighted by atomic mass is 16.5. The molecule has 1 saturated heterocycles. The van der Waals surface area contributed by atoms with Gasteiger partial charge in [0.25, 0.3) is 0 Å². The van der Waals surface area contributed by atoms with Crippen LogP contribution in [0.5, 0.6) is 11.5 Å². The van der Waals surface area contributed by atoms with E-state index in [1.165, 1.54) is 14.2 Å². The third-order valence-electron chi connectivity index (χ3n) is 3.97. The maximum atomic E-state index is 12.1. The van der Waals surface area contributed by atoms with E-state index in [9.17, 15) is 9.90 Å². The Morgan fingerprint density at radius 2 is 1.76 bits per heavy atom. The highest BCUT2D eigenvalue weighted by Gasteiger charge is 2.46. The van der Waals surface area contributed by atoms with Crippen molar-refractivity contribution >= 4 is 5.97 Å². The molecule has 1 atom stereocenters. The molecule has 21 heavy (non-hydrogen) atoms. The Labute approximate surface area is 124 Å². The quantitative estimate of drug-likeness (QED) is 0.884. The molecule has 0 bridgehead atoms. The lowest BCUT2D eigenvalue weighted by molar-refractivity contribution is -0.154. The van der Waals surface area contributed by atoms with E-state index >= 15 is 0 Å². The summed E-state index contributed by atoms with van der Waals surface area (Å²) in [5.41, 5.74) is -0.703. The van der Waals surface area contributed by atoms with Gasteiger partial charge in [0.2, 0.25) is 0 Å². The molecule has 2 rings (SSSR count). The number of aliphatic carboxylic acids is 1. The monoisotopic (exact) mass is 295 g/mol. The summed E-state index contributed by atoms with van der Waals surface area (Å²) in [6, 6.07) is 5.28. The van der Waals surface area contributed by atoms with Gasteiger partial charge in [-0.1, -0.05) is 6.07 Å². The minimum Gasteiger partial charge on any atom is -0.496 e. The Kier molecular flexibility index (Phi) is 4.69. The highest BCUT2D eigenvalue weighted by Crippen LogP contribution is 2.41. The average Bonchev–Trinajstić information content (AvgIpc) is 2.53. The van der Waals surface area contributed by atoms with Crippen LogP contribution in [0.15, 0.2) is 18.2 Å². The summed E-state index contributed by atoms with van der Waals surface area (Å²) in [4.78, 5) is 14.0. The normalized spacial score (nSPS) is 18.8. The Hall–Kier alpha value is -1.79. The predicted molar refractivity (Wildman–Crippen MR) is 76.9 cm³/mol. The molecule has 0 saturated carbocycles. The molecule has 0 amide bonds. The van der Waals surface area contributed by atoms with Crippen LogP contribution in [0.4, 0.5) is 0 Å². The molecule has 0 radical (unpaired) electrons. The van der Waals surface area contributed by atoms with Crippen molar-refractivity contribution in [3.05, 3.63) is 23.8 Å². The van der Waals surface area contributed by atoms with Crippen molar-refractivity contribution in [3.8, 4) is 11.5 Å². The summed E-state index contributed by atoms with van der Waals surface area (Å²) in [6.45, 7) is 3.80. The van der Waals surface area contributed by atoms with Gasteiger partial charge in [-0.25, -0.2) is 4.79 Å². The van der Waals surface area contributed by atoms with Crippen LogP contribution in [0.3, 0.4) is 0 Å². The zero-order valence-corrected chi connectivity index (χ0v) is 12.6. The van der Waals surface area contributed by atoms with Gasteiger partial charge in [0.05, 0.1) is 33.0 Å². The number of carboxylic acids is 1. The molecule has 1 unspecified atom stereocenters. The van der Waals surface area contributed by atoms with Crippen LogP contribution in [0, 0.1) is 0 Å². The molecule has 0 spiro atoms. The molecule has 1 aliphatic heterocycles. The van der Waals surface area contributed by atoms with Crippen LogP contribution in [0.25, 0.3) is 0 Å². The fourth-order valence-corrected chi connectivity index (χ4v) is 2.74. The second kappa shape index (κ2) is 6.32. The summed E-state index contributed by atoms with van der Waals surface area (Å²) >= 11 is 0. The first-order valence-electron chi connectivity index (χ1n) is 6.83. The predicted octanol–water partition coefficient (Wildman–Crippen LogP) is 1.34. The van der Waals surface area contributed by atoms with Gasteiger partial charge in [-0.05, 0) is 19.1 Å². The largest absolute Gasteiger partial charge is 0.496 e. The van der Waals surface area contributed by atoms with Gasteiger partial charge in [0.1, 0.15) is 17.0 Å². The number of hydrogen-bond donors (Lipinski definition) is 1. The molecule has 6 heteroatoms. The summed E-state index contributed by atoms with van der Waals surface area (Å²) < 4.78 is 16.1. The SMILES string of the molecule is COc1cccc(OC)c1C(C)(C(=O)O)N1CCOCC1. The lowest BCUT2D eigenvalue weighted by Crippen LogP contribution is -2.54. The third-order valence-corrected chi connectivity index (χ3v) is 3.97. The number of carboxylic acid groups (broad SMARTS) is 1. The van der Waals surface area contributed by atoms with Gasteiger partial charge in [-0.2, -0.15) is 0 Å². The smallest absolute Gasteiger partial charge is 0.328 e. The van der Waals surface area contributed by atoms with E-state index in [1.54, 1.807) is 25.1 Å². The van der Waals surface area contributed by atoms with Crippen molar-refractivity contribution < 1.29 is 24.1 Å². The third kappa shape index (κ3) is 2.69. The molecule has 116 valence electrons. The molecule has 1 N–H and O–H groups in total. The molecule has 0 aliphatic carbocycles. The van der Waals surface area contributed by atoms with Gasteiger partial charge in [0, 0.05) is 13.1 Å². The van der Waals surface area contributed by atoms with Gasteiger partial charge in [0.15, 0.2) is 0 Å². The first kappa shape index (κ1) is 15.6. The van der Waals surface area contributed by atoms with E-state index in [4.69, 9.17) is 14.2 Å². The lowest BCUT2D eigenvalue weighted by Gasteiger charge is -2.41. The average molecular weight is 295 g/mol. The molecule has 1 aromatic carbocycles. The van der Waals surface area contributed by atoms with E-state index < -0.39 is 11.5 Å². The van der Waals surface area contributed by atoms with E-state index in [2.05, 4.69) is 0 Å². The molecule has 0 aromatic heterocycles. The minimum absolute atomic E-state index is 0.505. The summed E-state index contributed by atoms with van der Waals surface area (Å²) in [6.07, 6.45) is 0. The van der Waals surface area contributed by atoms with Crippen LogP contribution in [0.1, 0.15) is 12.5 Å². The Morgan fingerprint density at radius 1 is 1.24 bits per heavy atom. The maximum Gasteiger partial charge on any atom is 0.328 e. The van der Waals surface area contributed by atoms with Crippen molar-refractivity contribution in [3.63, 3.8) is 0 Å². The fourth-order valence-electron chi connectivity index (χ4n) is 2.74. The standard InChI is InChI=1S/C15H21NO5/c1-15(14(17)18,16-7-9-21-10-8-16)13-11(19-2)5-4-6-12(13)20-3/h4-6H,7-10H2,1-3H3,(H,17,18). The topological polar surface area (TPSA) is 68.2 Å². The molecule has 1 aromatic rings. The Balaban J connectivity index is 2.59. The van der Waals surface area contributed by atoms with Gasteiger partial charge < -0.3 is 19.3 Å². The first-order valence-corrected chi connectivity index (χ1v) is 6.83. The number of carbonyl (C=O) groups is 1. The number of nitrogens with zero attached hydrogens (tertiary/aromatic N) is 1. The van der Waals surface area contributed by atoms with Gasteiger partial charge >= 0.3 is 5.97 Å². The van der Waals surface area contributed by atoms with Crippen molar-refractivity contribution in [2.75, 3.05) is 40.5 Å². The van der Waals surface area contributed by atoms with Gasteiger partial charge in [-0.15, -0.1) is 0 Å². The second-order valence-electron chi connectivity index (χ2n) is 5.01. The first-order chi connectivity index (χ1) is 10.1. The van der Waals surface area contributed by atoms with E-state index in [1.807, 2.05) is 4.90 Å².